The lowest BCUT2D eigenvalue weighted by molar-refractivity contribution is -0.383. The molecule has 0 heterocycles. The van der Waals surface area contributed by atoms with E-state index in [2.05, 4.69) is 10.1 Å². The summed E-state index contributed by atoms with van der Waals surface area (Å²) in [4.78, 5) is 33.8. The molecule has 0 saturated carbocycles. The molecule has 2 aromatic rings. The first-order chi connectivity index (χ1) is 12.8. The van der Waals surface area contributed by atoms with Crippen LogP contribution in [0.25, 0.3) is 0 Å². The second-order valence-electron chi connectivity index (χ2n) is 5.18. The van der Waals surface area contributed by atoms with E-state index in [1.165, 1.54) is 48.5 Å². The number of carbonyl (C=O) groups excluding carboxylic acids is 2. The number of ether oxygens (including phenoxy) is 2. The lowest BCUT2D eigenvalue weighted by Crippen LogP contribution is -2.22. The van der Waals surface area contributed by atoms with Crippen LogP contribution in [0, 0.1) is 10.1 Å². The van der Waals surface area contributed by atoms with Crippen LogP contribution in [0.5, 0.6) is 5.75 Å². The zero-order valence-corrected chi connectivity index (χ0v) is 13.8. The minimum Gasteiger partial charge on any atom is -0.455 e. The van der Waals surface area contributed by atoms with E-state index in [1.807, 2.05) is 0 Å². The number of nitrogens with one attached hydrogen (secondary N) is 1. The fourth-order valence-corrected chi connectivity index (χ4v) is 2.08. The van der Waals surface area contributed by atoms with Crippen LogP contribution in [-0.2, 0) is 20.7 Å². The van der Waals surface area contributed by atoms with Gasteiger partial charge in [-0.15, -0.1) is 0 Å². The first kappa shape index (κ1) is 19.8. The Balaban J connectivity index is 1.83. The van der Waals surface area contributed by atoms with Crippen LogP contribution in [0.3, 0.4) is 0 Å². The molecule has 0 fully saturated rings. The van der Waals surface area contributed by atoms with Gasteiger partial charge in [-0.1, -0.05) is 24.3 Å². The predicted octanol–water partition coefficient (Wildman–Crippen LogP) is 2.92. The molecule has 0 unspecified atom stereocenters. The van der Waals surface area contributed by atoms with Gasteiger partial charge in [0.05, 0.1) is 11.3 Å². The van der Waals surface area contributed by atoms with Crippen molar-refractivity contribution in [1.82, 2.24) is 0 Å². The molecule has 0 aliphatic carbocycles. The van der Waals surface area contributed by atoms with Crippen molar-refractivity contribution in [2.75, 3.05) is 11.9 Å². The zero-order chi connectivity index (χ0) is 19.8. The van der Waals surface area contributed by atoms with Crippen molar-refractivity contribution in [3.05, 3.63) is 64.2 Å². The predicted molar refractivity (Wildman–Crippen MR) is 89.5 cm³/mol. The van der Waals surface area contributed by atoms with Gasteiger partial charge in [-0.2, -0.15) is 8.78 Å². The van der Waals surface area contributed by atoms with E-state index in [-0.39, 0.29) is 23.5 Å². The molecule has 1 N–H and O–H groups in total. The molecular weight excluding hydrogens is 366 g/mol. The Morgan fingerprint density at radius 3 is 2.41 bits per heavy atom. The Bertz CT molecular complexity index is 826. The largest absolute Gasteiger partial charge is 0.455 e. The second-order valence-corrected chi connectivity index (χ2v) is 5.18. The number of halogens is 2. The highest BCUT2D eigenvalue weighted by molar-refractivity contribution is 5.94. The van der Waals surface area contributed by atoms with Crippen LogP contribution in [0.2, 0.25) is 0 Å². The Hall–Kier alpha value is -3.56. The average Bonchev–Trinajstić information content (AvgIpc) is 2.61. The molecule has 0 saturated heterocycles. The van der Waals surface area contributed by atoms with E-state index in [0.717, 1.165) is 0 Å². The molecule has 0 spiro atoms. The van der Waals surface area contributed by atoms with Crippen LogP contribution >= 0.6 is 0 Å². The number of anilines is 1. The highest BCUT2D eigenvalue weighted by Crippen LogP contribution is 2.23. The number of para-hydroxylation sites is 2. The van der Waals surface area contributed by atoms with Gasteiger partial charge in [-0.3, -0.25) is 19.7 Å². The molecule has 0 aliphatic heterocycles. The van der Waals surface area contributed by atoms with Crippen LogP contribution in [0.15, 0.2) is 48.5 Å². The fraction of sp³-hybridized carbons (Fsp3) is 0.176. The fourth-order valence-electron chi connectivity index (χ4n) is 2.08. The molecule has 0 bridgehead atoms. The average molecular weight is 380 g/mol. The summed E-state index contributed by atoms with van der Waals surface area (Å²) in [6.45, 7) is -3.57. The first-order valence-corrected chi connectivity index (χ1v) is 7.58. The highest BCUT2D eigenvalue weighted by atomic mass is 19.3. The number of hydrogen-bond donors (Lipinski definition) is 1. The number of carbonyl (C=O) groups is 2. The molecule has 8 nitrogen and oxygen atoms in total. The molecule has 27 heavy (non-hydrogen) atoms. The second kappa shape index (κ2) is 9.22. The maximum absolute atomic E-state index is 12.1. The molecular formula is C17H14F2N2O6. The van der Waals surface area contributed by atoms with Crippen LogP contribution in [0.1, 0.15) is 5.56 Å². The lowest BCUT2D eigenvalue weighted by Gasteiger charge is -2.08. The molecule has 0 aliphatic rings. The molecule has 10 heteroatoms. The third-order valence-corrected chi connectivity index (χ3v) is 3.24. The number of hydrogen-bond acceptors (Lipinski definition) is 6. The van der Waals surface area contributed by atoms with Gasteiger partial charge in [0.1, 0.15) is 11.4 Å². The Labute approximate surface area is 151 Å². The van der Waals surface area contributed by atoms with Gasteiger partial charge < -0.3 is 14.8 Å². The molecule has 0 radical (unpaired) electrons. The van der Waals surface area contributed by atoms with Crippen LogP contribution < -0.4 is 10.1 Å². The smallest absolute Gasteiger partial charge is 0.387 e. The molecule has 0 atom stereocenters. The lowest BCUT2D eigenvalue weighted by atomic mass is 10.1. The van der Waals surface area contributed by atoms with E-state index in [1.54, 1.807) is 0 Å². The van der Waals surface area contributed by atoms with Crippen LogP contribution in [0.4, 0.5) is 20.2 Å². The van der Waals surface area contributed by atoms with Gasteiger partial charge in [0.2, 0.25) is 0 Å². The van der Waals surface area contributed by atoms with Crippen molar-refractivity contribution < 1.29 is 32.8 Å². The summed E-state index contributed by atoms with van der Waals surface area (Å²) in [5, 5.41) is 13.2. The zero-order valence-electron chi connectivity index (χ0n) is 13.8. The Kier molecular flexibility index (Phi) is 6.75. The Morgan fingerprint density at radius 1 is 1.11 bits per heavy atom. The summed E-state index contributed by atoms with van der Waals surface area (Å²) in [7, 11) is 0. The monoisotopic (exact) mass is 380 g/mol. The van der Waals surface area contributed by atoms with Gasteiger partial charge in [0, 0.05) is 6.07 Å². The van der Waals surface area contributed by atoms with Gasteiger partial charge >= 0.3 is 12.6 Å². The topological polar surface area (TPSA) is 108 Å². The minimum absolute atomic E-state index is 0.0156. The normalized spacial score (nSPS) is 10.3. The number of amides is 1. The number of nitro benzene ring substituents is 1. The summed E-state index contributed by atoms with van der Waals surface area (Å²) >= 11 is 0. The quantitative estimate of drug-likeness (QED) is 0.429. The number of benzene rings is 2. The van der Waals surface area contributed by atoms with Crippen molar-refractivity contribution in [2.24, 2.45) is 0 Å². The molecule has 1 amide bonds. The summed E-state index contributed by atoms with van der Waals surface area (Å²) in [6.07, 6.45) is -0.187. The standard InChI is InChI=1S/C17H14F2N2O6/c18-17(19)27-12-7-5-11(6-8-12)9-16(23)26-10-15(22)20-13-3-1-2-4-14(13)21(24)25/h1-8,17H,9-10H2,(H,20,22). The summed E-state index contributed by atoms with van der Waals surface area (Å²) < 4.78 is 33.1. The third kappa shape index (κ3) is 6.34. The van der Waals surface area contributed by atoms with E-state index >= 15 is 0 Å². The summed E-state index contributed by atoms with van der Waals surface area (Å²) in [5.74, 6) is -1.51. The maximum atomic E-state index is 12.1. The van der Waals surface area contributed by atoms with E-state index in [0.29, 0.717) is 5.56 Å². The van der Waals surface area contributed by atoms with Crippen molar-refractivity contribution in [3.63, 3.8) is 0 Å². The number of alkyl halides is 2. The van der Waals surface area contributed by atoms with Crippen molar-refractivity contribution in [1.29, 1.82) is 0 Å². The maximum Gasteiger partial charge on any atom is 0.387 e. The summed E-state index contributed by atoms with van der Waals surface area (Å²) in [5.41, 5.74) is 0.169. The first-order valence-electron chi connectivity index (χ1n) is 7.58. The number of nitro groups is 1. The molecule has 0 aromatic heterocycles. The number of nitrogens with zero attached hydrogens (tertiary/aromatic N) is 1. The number of rotatable bonds is 8. The van der Waals surface area contributed by atoms with Crippen molar-refractivity contribution >= 4 is 23.3 Å². The van der Waals surface area contributed by atoms with Crippen LogP contribution in [-0.4, -0.2) is 30.0 Å². The van der Waals surface area contributed by atoms with E-state index < -0.39 is 30.0 Å². The van der Waals surface area contributed by atoms with Gasteiger partial charge in [0.15, 0.2) is 6.61 Å². The van der Waals surface area contributed by atoms with E-state index in [4.69, 9.17) is 4.74 Å². The minimum atomic E-state index is -2.94. The van der Waals surface area contributed by atoms with E-state index in [9.17, 15) is 28.5 Å². The Morgan fingerprint density at radius 2 is 1.78 bits per heavy atom. The van der Waals surface area contributed by atoms with Gasteiger partial charge in [-0.05, 0) is 23.8 Å². The molecule has 2 aromatic carbocycles. The third-order valence-electron chi connectivity index (χ3n) is 3.24. The van der Waals surface area contributed by atoms with Gasteiger partial charge in [0.25, 0.3) is 11.6 Å². The van der Waals surface area contributed by atoms with Crippen molar-refractivity contribution in [3.8, 4) is 5.75 Å². The summed E-state index contributed by atoms with van der Waals surface area (Å²) in [6, 6.07) is 10.9. The molecule has 2 rings (SSSR count). The molecule has 142 valence electrons. The number of esters is 1. The highest BCUT2D eigenvalue weighted by Gasteiger charge is 2.16. The van der Waals surface area contributed by atoms with Crippen molar-refractivity contribution in [2.45, 2.75) is 13.0 Å². The SMILES string of the molecule is O=C(COC(=O)Cc1ccc(OC(F)F)cc1)Nc1ccccc1[N+](=O)[O-]. The van der Waals surface area contributed by atoms with Gasteiger partial charge in [-0.25, -0.2) is 0 Å².